The van der Waals surface area contributed by atoms with Crippen LogP contribution < -0.4 is 0 Å². The summed E-state index contributed by atoms with van der Waals surface area (Å²) in [7, 11) is 0. The number of pyridine rings is 1. The Kier molecular flexibility index (Phi) is 14.1. The van der Waals surface area contributed by atoms with Crippen LogP contribution in [-0.2, 0) is 42.7 Å². The topological polar surface area (TPSA) is 50.9 Å². The Hall–Kier alpha value is -6.35. The SMILES string of the molecule is CC(C)c1cc(-c2ccnc(-c3[c-]c(-c4cccc5c4nc(-c4cc(C(C)(C)C)cc(C(C)(C)C)c4O)n5-c4ccc(C(C)(C)C)cc4-c4ccccc4)cc(C(C)(C)C)c3)c2)ccc1-c1ccccc1.[Pt]. The van der Waals surface area contributed by atoms with E-state index in [2.05, 4.69) is 259 Å². The minimum absolute atomic E-state index is 0. The van der Waals surface area contributed by atoms with Crippen molar-refractivity contribution < 1.29 is 26.2 Å². The molecule has 0 unspecified atom stereocenters. The van der Waals surface area contributed by atoms with Gasteiger partial charge in [-0.1, -0.05) is 217 Å². The number of imidazole rings is 1. The summed E-state index contributed by atoms with van der Waals surface area (Å²) in [6.07, 6.45) is 1.93. The fourth-order valence-corrected chi connectivity index (χ4v) is 9.74. The summed E-state index contributed by atoms with van der Waals surface area (Å²) in [6.45, 7) is 31.3. The van der Waals surface area contributed by atoms with E-state index in [4.69, 9.17) is 9.97 Å². The predicted octanol–water partition coefficient (Wildman–Crippen LogP) is 18.2. The smallest absolute Gasteiger partial charge is 0.148 e. The first-order valence-corrected chi connectivity index (χ1v) is 25.3. The van der Waals surface area contributed by atoms with Crippen LogP contribution in [-0.4, -0.2) is 19.6 Å². The molecular weight excluding hydrogens is 1060 g/mol. The molecule has 0 radical (unpaired) electrons. The summed E-state index contributed by atoms with van der Waals surface area (Å²) in [5.74, 6) is 1.28. The summed E-state index contributed by atoms with van der Waals surface area (Å²) in [6, 6.07) is 58.6. The molecule has 0 saturated heterocycles. The van der Waals surface area contributed by atoms with Crippen LogP contribution in [0.2, 0.25) is 0 Å². The summed E-state index contributed by atoms with van der Waals surface area (Å²) < 4.78 is 2.29. The van der Waals surface area contributed by atoms with Gasteiger partial charge in [0.2, 0.25) is 0 Å². The Morgan fingerprint density at radius 3 is 1.68 bits per heavy atom. The molecule has 0 spiro atoms. The molecule has 9 rings (SSSR count). The number of rotatable bonds is 8. The zero-order valence-corrected chi connectivity index (χ0v) is 47.0. The largest absolute Gasteiger partial charge is 0.507 e. The van der Waals surface area contributed by atoms with E-state index in [1.807, 2.05) is 6.20 Å². The Morgan fingerprint density at radius 2 is 1.07 bits per heavy atom. The second-order valence-corrected chi connectivity index (χ2v) is 23.9. The zero-order valence-electron chi connectivity index (χ0n) is 44.7. The number of hydrogen-bond acceptors (Lipinski definition) is 3. The van der Waals surface area contributed by atoms with Gasteiger partial charge in [-0.25, -0.2) is 4.98 Å². The third-order valence-electron chi connectivity index (χ3n) is 14.1. The van der Waals surface area contributed by atoms with Gasteiger partial charge in [-0.05, 0) is 102 Å². The first-order chi connectivity index (χ1) is 33.5. The van der Waals surface area contributed by atoms with Crippen molar-refractivity contribution in [2.24, 2.45) is 0 Å². The number of hydrogen-bond donors (Lipinski definition) is 1. The molecule has 0 fully saturated rings. The van der Waals surface area contributed by atoms with Gasteiger partial charge in [-0.15, -0.1) is 29.3 Å². The Bertz CT molecular complexity index is 3430. The van der Waals surface area contributed by atoms with E-state index in [1.165, 1.54) is 27.8 Å². The molecule has 0 aliphatic heterocycles. The molecule has 4 nitrogen and oxygen atoms in total. The monoisotopic (exact) mass is 1130 g/mol. The van der Waals surface area contributed by atoms with Crippen LogP contribution in [0.1, 0.15) is 131 Å². The molecule has 5 heteroatoms. The standard InChI is InChI=1S/C67H70N3O.Pt/c1-42(2)54-37-45(28-30-52(54)43-22-17-15-18-23-43)46-32-33-68-58(38-46)48-34-47(35-50(36-48)65(6,7)8)53-26-21-27-60-61(53)69-63(56-40-51(66(9,10)11)41-57(62(56)71)67(12,13)14)70(60)59-31-29-49(64(3,4)5)39-55(59)44-24-19-16-20-25-44;/h15-33,35-42,71H,1-14H3;/q-1;. The van der Waals surface area contributed by atoms with Crippen molar-refractivity contribution in [3.8, 4) is 78.6 Å². The first-order valence-electron chi connectivity index (χ1n) is 25.3. The number of phenolic OH excluding ortho intramolecular Hbond substituents is 1. The number of phenols is 1. The molecule has 0 saturated carbocycles. The fraction of sp³-hybridized carbons (Fsp3) is 0.284. The van der Waals surface area contributed by atoms with Crippen molar-refractivity contribution in [3.05, 3.63) is 192 Å². The molecule has 7 aromatic carbocycles. The van der Waals surface area contributed by atoms with Crippen molar-refractivity contribution in [2.75, 3.05) is 0 Å². The molecule has 370 valence electrons. The maximum Gasteiger partial charge on any atom is 0.148 e. The average molecular weight is 1130 g/mol. The van der Waals surface area contributed by atoms with Gasteiger partial charge in [-0.2, -0.15) is 0 Å². The minimum Gasteiger partial charge on any atom is -0.507 e. The molecule has 0 atom stereocenters. The summed E-state index contributed by atoms with van der Waals surface area (Å²) in [4.78, 5) is 10.7. The summed E-state index contributed by atoms with van der Waals surface area (Å²) in [5, 5.41) is 12.6. The van der Waals surface area contributed by atoms with E-state index in [0.717, 1.165) is 72.5 Å². The molecule has 0 aliphatic rings. The Morgan fingerprint density at radius 1 is 0.486 bits per heavy atom. The van der Waals surface area contributed by atoms with Crippen LogP contribution in [0.4, 0.5) is 0 Å². The third kappa shape index (κ3) is 10.3. The fourth-order valence-electron chi connectivity index (χ4n) is 9.74. The summed E-state index contributed by atoms with van der Waals surface area (Å²) in [5.41, 5.74) is 19.1. The average Bonchev–Trinajstić information content (AvgIpc) is 3.72. The maximum atomic E-state index is 12.6. The van der Waals surface area contributed by atoms with Crippen LogP contribution in [0.5, 0.6) is 5.75 Å². The number of aromatic nitrogens is 3. The second-order valence-electron chi connectivity index (χ2n) is 23.9. The van der Waals surface area contributed by atoms with Gasteiger partial charge in [0.1, 0.15) is 11.6 Å². The van der Waals surface area contributed by atoms with E-state index in [9.17, 15) is 5.11 Å². The zero-order chi connectivity index (χ0) is 50.8. The molecule has 2 aromatic heterocycles. The van der Waals surface area contributed by atoms with E-state index < -0.39 is 0 Å². The minimum atomic E-state index is -0.335. The van der Waals surface area contributed by atoms with Gasteiger partial charge in [0.05, 0.1) is 22.3 Å². The third-order valence-corrected chi connectivity index (χ3v) is 14.1. The molecule has 9 aromatic rings. The van der Waals surface area contributed by atoms with E-state index in [-0.39, 0.29) is 48.5 Å². The van der Waals surface area contributed by atoms with Crippen molar-refractivity contribution in [1.82, 2.24) is 14.5 Å². The summed E-state index contributed by atoms with van der Waals surface area (Å²) >= 11 is 0. The van der Waals surface area contributed by atoms with E-state index in [1.54, 1.807) is 0 Å². The van der Waals surface area contributed by atoms with Crippen LogP contribution in [0.15, 0.2) is 158 Å². The number of aromatic hydroxyl groups is 1. The Balaban J connectivity index is 0.00000693. The van der Waals surface area contributed by atoms with Crippen LogP contribution >= 0.6 is 0 Å². The number of benzene rings is 7. The van der Waals surface area contributed by atoms with Gasteiger partial charge in [-0.3, -0.25) is 9.55 Å². The predicted molar refractivity (Wildman–Crippen MR) is 301 cm³/mol. The van der Waals surface area contributed by atoms with E-state index >= 15 is 0 Å². The van der Waals surface area contributed by atoms with Crippen LogP contribution in [0.25, 0.3) is 83.9 Å². The van der Waals surface area contributed by atoms with Gasteiger partial charge in [0.15, 0.2) is 0 Å². The van der Waals surface area contributed by atoms with Gasteiger partial charge in [0, 0.05) is 44.1 Å². The molecular formula is C67H70N3OPt-. The van der Waals surface area contributed by atoms with Crippen LogP contribution in [0.3, 0.4) is 0 Å². The molecule has 72 heavy (non-hydrogen) atoms. The van der Waals surface area contributed by atoms with Crippen molar-refractivity contribution in [1.29, 1.82) is 0 Å². The normalized spacial score (nSPS) is 12.4. The van der Waals surface area contributed by atoms with E-state index in [0.29, 0.717) is 17.3 Å². The molecule has 0 aliphatic carbocycles. The molecule has 0 bridgehead atoms. The second kappa shape index (κ2) is 19.6. The van der Waals surface area contributed by atoms with Crippen LogP contribution in [0, 0.1) is 6.07 Å². The Labute approximate surface area is 443 Å². The van der Waals surface area contributed by atoms with Gasteiger partial charge >= 0.3 is 0 Å². The quantitative estimate of drug-likeness (QED) is 0.154. The van der Waals surface area contributed by atoms with Gasteiger partial charge < -0.3 is 5.11 Å². The van der Waals surface area contributed by atoms with Crippen molar-refractivity contribution >= 4 is 11.0 Å². The van der Waals surface area contributed by atoms with Gasteiger partial charge in [0.25, 0.3) is 0 Å². The number of nitrogens with zero attached hydrogens (tertiary/aromatic N) is 3. The molecule has 1 N–H and O–H groups in total. The number of fused-ring (bicyclic) bond motifs is 1. The maximum absolute atomic E-state index is 12.6. The molecule has 0 amide bonds. The molecule has 2 heterocycles. The van der Waals surface area contributed by atoms with Crippen molar-refractivity contribution in [3.63, 3.8) is 0 Å². The van der Waals surface area contributed by atoms with Crippen molar-refractivity contribution in [2.45, 2.75) is 125 Å². The number of para-hydroxylation sites is 1. The first kappa shape index (κ1) is 52.0.